The standard InChI is InChI=1S/C12H5F6NO3S/c13-7-2-1-3-19-11(7)10-8(14)4-6(5-9(10)15)22-23(20,21)12(16,17)18/h1-5H. The molecular weight excluding hydrogens is 352 g/mol. The molecule has 1 aromatic carbocycles. The van der Waals surface area contributed by atoms with Gasteiger partial charge < -0.3 is 4.18 Å². The number of nitrogens with zero attached hydrogens (tertiary/aromatic N) is 1. The molecule has 0 saturated heterocycles. The molecule has 23 heavy (non-hydrogen) atoms. The van der Waals surface area contributed by atoms with Crippen LogP contribution in [-0.2, 0) is 10.1 Å². The third-order valence-corrected chi connectivity index (χ3v) is 3.48. The van der Waals surface area contributed by atoms with E-state index in [1.165, 1.54) is 0 Å². The summed E-state index contributed by atoms with van der Waals surface area (Å²) in [6, 6.07) is 2.37. The third kappa shape index (κ3) is 3.38. The van der Waals surface area contributed by atoms with E-state index in [1.54, 1.807) is 0 Å². The van der Waals surface area contributed by atoms with E-state index in [9.17, 15) is 34.8 Å². The molecule has 124 valence electrons. The van der Waals surface area contributed by atoms with E-state index in [-0.39, 0.29) is 12.1 Å². The average Bonchev–Trinajstić information content (AvgIpc) is 2.38. The van der Waals surface area contributed by atoms with Crippen LogP contribution in [0.25, 0.3) is 11.3 Å². The molecular formula is C12H5F6NO3S. The Morgan fingerprint density at radius 2 is 1.57 bits per heavy atom. The van der Waals surface area contributed by atoms with Crippen molar-refractivity contribution < 1.29 is 38.9 Å². The Balaban J connectivity index is 2.49. The minimum atomic E-state index is -6.09. The maximum absolute atomic E-state index is 13.8. The molecule has 2 rings (SSSR count). The van der Waals surface area contributed by atoms with Gasteiger partial charge in [0.1, 0.15) is 28.9 Å². The predicted octanol–water partition coefficient (Wildman–Crippen LogP) is 3.39. The van der Waals surface area contributed by atoms with Gasteiger partial charge in [0, 0.05) is 18.3 Å². The first kappa shape index (κ1) is 17.1. The summed E-state index contributed by atoms with van der Waals surface area (Å²) >= 11 is 0. The normalized spacial score (nSPS) is 12.3. The maximum atomic E-state index is 13.8. The van der Waals surface area contributed by atoms with Crippen LogP contribution in [0.5, 0.6) is 5.75 Å². The van der Waals surface area contributed by atoms with Crippen molar-refractivity contribution in [3.8, 4) is 17.0 Å². The molecule has 1 aromatic heterocycles. The molecule has 11 heteroatoms. The summed E-state index contributed by atoms with van der Waals surface area (Å²) in [6.45, 7) is 0. The lowest BCUT2D eigenvalue weighted by atomic mass is 10.1. The second-order valence-electron chi connectivity index (χ2n) is 4.08. The monoisotopic (exact) mass is 357 g/mol. The van der Waals surface area contributed by atoms with Crippen molar-refractivity contribution in [1.82, 2.24) is 4.98 Å². The third-order valence-electron chi connectivity index (χ3n) is 2.50. The molecule has 0 aliphatic heterocycles. The fraction of sp³-hybridized carbons (Fsp3) is 0.0833. The number of halogens is 6. The van der Waals surface area contributed by atoms with Crippen LogP contribution in [0.15, 0.2) is 30.5 Å². The van der Waals surface area contributed by atoms with Crippen molar-refractivity contribution in [2.24, 2.45) is 0 Å². The lowest BCUT2D eigenvalue weighted by Gasteiger charge is -2.11. The van der Waals surface area contributed by atoms with Crippen molar-refractivity contribution in [2.45, 2.75) is 5.51 Å². The van der Waals surface area contributed by atoms with Crippen LogP contribution >= 0.6 is 0 Å². The molecule has 0 unspecified atom stereocenters. The van der Waals surface area contributed by atoms with Gasteiger partial charge in [0.15, 0.2) is 0 Å². The van der Waals surface area contributed by atoms with Gasteiger partial charge in [-0.15, -0.1) is 0 Å². The lowest BCUT2D eigenvalue weighted by Crippen LogP contribution is -2.28. The summed E-state index contributed by atoms with van der Waals surface area (Å²) < 4.78 is 103. The molecule has 1 heterocycles. The van der Waals surface area contributed by atoms with Crippen molar-refractivity contribution in [3.63, 3.8) is 0 Å². The summed E-state index contributed by atoms with van der Waals surface area (Å²) in [4.78, 5) is 3.42. The maximum Gasteiger partial charge on any atom is 0.534 e. The van der Waals surface area contributed by atoms with Crippen molar-refractivity contribution in [2.75, 3.05) is 0 Å². The van der Waals surface area contributed by atoms with Gasteiger partial charge in [0.25, 0.3) is 0 Å². The molecule has 0 saturated carbocycles. The van der Waals surface area contributed by atoms with Crippen LogP contribution < -0.4 is 4.18 Å². The largest absolute Gasteiger partial charge is 0.534 e. The molecule has 0 N–H and O–H groups in total. The number of alkyl halides is 3. The first-order chi connectivity index (χ1) is 10.5. The van der Waals surface area contributed by atoms with Gasteiger partial charge in [-0.2, -0.15) is 21.6 Å². The second-order valence-corrected chi connectivity index (χ2v) is 5.62. The van der Waals surface area contributed by atoms with E-state index >= 15 is 0 Å². The zero-order chi connectivity index (χ0) is 17.4. The Labute approximate surface area is 125 Å². The highest BCUT2D eigenvalue weighted by Gasteiger charge is 2.48. The highest BCUT2D eigenvalue weighted by atomic mass is 32.2. The minimum absolute atomic E-state index is 0.176. The quantitative estimate of drug-likeness (QED) is 0.480. The van der Waals surface area contributed by atoms with Gasteiger partial charge >= 0.3 is 15.6 Å². The average molecular weight is 357 g/mol. The topological polar surface area (TPSA) is 56.3 Å². The van der Waals surface area contributed by atoms with Gasteiger partial charge in [-0.25, -0.2) is 13.2 Å². The Bertz CT molecular complexity index is 827. The Morgan fingerprint density at radius 3 is 2.04 bits per heavy atom. The molecule has 4 nitrogen and oxygen atoms in total. The molecule has 0 bridgehead atoms. The molecule has 2 aromatic rings. The highest BCUT2D eigenvalue weighted by molar-refractivity contribution is 7.88. The van der Waals surface area contributed by atoms with Crippen molar-refractivity contribution in [1.29, 1.82) is 0 Å². The number of aromatic nitrogens is 1. The minimum Gasteiger partial charge on any atom is -0.376 e. The van der Waals surface area contributed by atoms with Gasteiger partial charge in [-0.3, -0.25) is 4.98 Å². The van der Waals surface area contributed by atoms with Gasteiger partial charge in [0.2, 0.25) is 0 Å². The summed E-state index contributed by atoms with van der Waals surface area (Å²) in [5, 5.41) is 0. The van der Waals surface area contributed by atoms with Crippen molar-refractivity contribution >= 4 is 10.1 Å². The molecule has 0 amide bonds. The predicted molar refractivity (Wildman–Crippen MR) is 65.1 cm³/mol. The summed E-state index contributed by atoms with van der Waals surface area (Å²) in [7, 11) is -6.09. The highest BCUT2D eigenvalue weighted by Crippen LogP contribution is 2.32. The number of rotatable bonds is 3. The molecule has 0 aliphatic rings. The Hall–Kier alpha value is -2.30. The summed E-state index contributed by atoms with van der Waals surface area (Å²) in [6.07, 6.45) is 1.04. The summed E-state index contributed by atoms with van der Waals surface area (Å²) in [5.41, 5.74) is -7.47. The second kappa shape index (κ2) is 5.72. The van der Waals surface area contributed by atoms with Crippen LogP contribution in [0.1, 0.15) is 0 Å². The molecule has 0 spiro atoms. The van der Waals surface area contributed by atoms with E-state index in [0.29, 0.717) is 0 Å². The molecule has 0 atom stereocenters. The Kier molecular flexibility index (Phi) is 4.24. The van der Waals surface area contributed by atoms with E-state index in [4.69, 9.17) is 0 Å². The lowest BCUT2D eigenvalue weighted by molar-refractivity contribution is -0.0500. The van der Waals surface area contributed by atoms with Gasteiger partial charge in [-0.05, 0) is 12.1 Å². The molecule has 0 radical (unpaired) electrons. The number of pyridine rings is 1. The fourth-order valence-corrected chi connectivity index (χ4v) is 2.01. The van der Waals surface area contributed by atoms with Crippen LogP contribution in [-0.4, -0.2) is 18.9 Å². The van der Waals surface area contributed by atoms with Crippen LogP contribution in [0.4, 0.5) is 26.3 Å². The SMILES string of the molecule is O=S(=O)(Oc1cc(F)c(-c2ncccc2F)c(F)c1)C(F)(F)F. The first-order valence-electron chi connectivity index (χ1n) is 5.63. The molecule has 0 aliphatic carbocycles. The first-order valence-corrected chi connectivity index (χ1v) is 7.04. The van der Waals surface area contributed by atoms with E-state index in [0.717, 1.165) is 18.3 Å². The van der Waals surface area contributed by atoms with E-state index in [1.807, 2.05) is 0 Å². The van der Waals surface area contributed by atoms with Crippen LogP contribution in [0, 0.1) is 17.5 Å². The smallest absolute Gasteiger partial charge is 0.376 e. The van der Waals surface area contributed by atoms with Crippen LogP contribution in [0.3, 0.4) is 0 Å². The van der Waals surface area contributed by atoms with E-state index in [2.05, 4.69) is 9.17 Å². The number of hydrogen-bond acceptors (Lipinski definition) is 4. The number of benzene rings is 1. The van der Waals surface area contributed by atoms with Crippen LogP contribution in [0.2, 0.25) is 0 Å². The zero-order valence-electron chi connectivity index (χ0n) is 10.7. The number of hydrogen-bond donors (Lipinski definition) is 0. The van der Waals surface area contributed by atoms with Gasteiger partial charge in [0.05, 0.1) is 5.56 Å². The van der Waals surface area contributed by atoms with Gasteiger partial charge in [-0.1, -0.05) is 0 Å². The fourth-order valence-electron chi connectivity index (χ4n) is 1.57. The zero-order valence-corrected chi connectivity index (χ0v) is 11.6. The summed E-state index contributed by atoms with van der Waals surface area (Å²) in [5.74, 6) is -5.43. The van der Waals surface area contributed by atoms with E-state index < -0.39 is 50.1 Å². The molecule has 0 fully saturated rings. The van der Waals surface area contributed by atoms with Crippen molar-refractivity contribution in [3.05, 3.63) is 47.9 Å². The Morgan fingerprint density at radius 1 is 1.00 bits per heavy atom.